The van der Waals surface area contributed by atoms with Crippen LogP contribution in [0.3, 0.4) is 0 Å². The molecule has 2 aromatic carbocycles. The molecule has 5 atom stereocenters. The average Bonchev–Trinajstić information content (AvgIpc) is 3.43. The molecule has 0 spiro atoms. The van der Waals surface area contributed by atoms with E-state index < -0.39 is 28.3 Å². The Morgan fingerprint density at radius 3 is 2.48 bits per heavy atom. The summed E-state index contributed by atoms with van der Waals surface area (Å²) in [4.78, 5) is 13.2. The molecule has 0 aromatic heterocycles. The van der Waals surface area contributed by atoms with Gasteiger partial charge in [-0.3, -0.25) is 0 Å². The highest BCUT2D eigenvalue weighted by Crippen LogP contribution is 2.36. The third-order valence-electron chi connectivity index (χ3n) is 7.70. The zero-order valence-corrected chi connectivity index (χ0v) is 24.4. The van der Waals surface area contributed by atoms with Gasteiger partial charge in [0.25, 0.3) is 0 Å². The van der Waals surface area contributed by atoms with Gasteiger partial charge >= 0.3 is 6.09 Å². The highest BCUT2D eigenvalue weighted by molar-refractivity contribution is 7.89. The Morgan fingerprint density at radius 1 is 1.07 bits per heavy atom. The normalized spacial score (nSPS) is 22.5. The number of rotatable bonds is 12. The summed E-state index contributed by atoms with van der Waals surface area (Å²) < 4.78 is 45.4. The van der Waals surface area contributed by atoms with Gasteiger partial charge in [-0.05, 0) is 55.0 Å². The zero-order valence-electron chi connectivity index (χ0n) is 23.6. The van der Waals surface area contributed by atoms with E-state index in [9.17, 15) is 18.3 Å². The minimum absolute atomic E-state index is 0.0126. The van der Waals surface area contributed by atoms with E-state index >= 15 is 0 Å². The highest BCUT2D eigenvalue weighted by atomic mass is 32.2. The molecule has 220 valence electrons. The van der Waals surface area contributed by atoms with Crippen molar-refractivity contribution < 1.29 is 32.5 Å². The number of alkyl carbamates (subject to hydrolysis) is 1. The monoisotopic (exact) mass is 574 g/mol. The maximum atomic E-state index is 13.6. The Hall–Kier alpha value is -2.66. The van der Waals surface area contributed by atoms with E-state index in [-0.39, 0.29) is 42.0 Å². The Bertz CT molecular complexity index is 1190. The summed E-state index contributed by atoms with van der Waals surface area (Å²) in [5.41, 5.74) is 0.905. The van der Waals surface area contributed by atoms with Crippen LogP contribution in [0.5, 0.6) is 5.75 Å². The summed E-state index contributed by atoms with van der Waals surface area (Å²) in [6, 6.07) is 14.9. The first-order valence-electron chi connectivity index (χ1n) is 14.1. The smallest absolute Gasteiger partial charge is 0.407 e. The van der Waals surface area contributed by atoms with E-state index in [1.807, 2.05) is 44.2 Å². The largest absolute Gasteiger partial charge is 0.497 e. The van der Waals surface area contributed by atoms with Crippen LogP contribution in [0.4, 0.5) is 4.79 Å². The lowest BCUT2D eigenvalue weighted by Gasteiger charge is -2.34. The number of methoxy groups -OCH3 is 1. The number of nitrogens with zero attached hydrogens (tertiary/aromatic N) is 1. The zero-order chi connectivity index (χ0) is 28.7. The predicted octanol–water partition coefficient (Wildman–Crippen LogP) is 4.00. The van der Waals surface area contributed by atoms with Crippen molar-refractivity contribution in [3.8, 4) is 5.75 Å². The summed E-state index contributed by atoms with van der Waals surface area (Å²) in [5.74, 6) is 0.750. The van der Waals surface area contributed by atoms with Crippen LogP contribution in [-0.2, 0) is 25.9 Å². The SMILES string of the molecule is COc1ccc(S(=O)(=O)N(CC(C)C)C[C@@H](O)[C@H](Cc2ccccc2)NC(=O)O[C@H]2CCO[C@H]3CCC[C@H]32)cc1. The van der Waals surface area contributed by atoms with Crippen molar-refractivity contribution >= 4 is 16.1 Å². The van der Waals surface area contributed by atoms with Crippen LogP contribution in [0.25, 0.3) is 0 Å². The molecule has 1 saturated heterocycles. The molecule has 2 fully saturated rings. The molecule has 0 unspecified atom stereocenters. The molecule has 9 nitrogen and oxygen atoms in total. The van der Waals surface area contributed by atoms with Crippen LogP contribution in [0.15, 0.2) is 59.5 Å². The van der Waals surface area contributed by atoms with Crippen molar-refractivity contribution in [2.75, 3.05) is 26.8 Å². The fourth-order valence-corrected chi connectivity index (χ4v) is 7.29. The molecule has 10 heteroatoms. The van der Waals surface area contributed by atoms with Crippen molar-refractivity contribution in [1.29, 1.82) is 0 Å². The molecule has 40 heavy (non-hydrogen) atoms. The van der Waals surface area contributed by atoms with Gasteiger partial charge in [0, 0.05) is 25.4 Å². The number of carbonyl (C=O) groups is 1. The van der Waals surface area contributed by atoms with Gasteiger partial charge in [0.05, 0.1) is 36.9 Å². The first kappa shape index (κ1) is 30.3. The Balaban J connectivity index is 1.51. The van der Waals surface area contributed by atoms with Gasteiger partial charge in [-0.25, -0.2) is 13.2 Å². The molecule has 2 aromatic rings. The number of fused-ring (bicyclic) bond motifs is 1. The lowest BCUT2D eigenvalue weighted by molar-refractivity contribution is -0.0811. The molecule has 1 amide bonds. The number of benzene rings is 2. The fraction of sp³-hybridized carbons (Fsp3) is 0.567. The minimum Gasteiger partial charge on any atom is -0.497 e. The number of amides is 1. The molecule has 1 aliphatic carbocycles. The summed E-state index contributed by atoms with van der Waals surface area (Å²) in [6.45, 7) is 4.42. The van der Waals surface area contributed by atoms with Crippen LogP contribution in [0.2, 0.25) is 0 Å². The topological polar surface area (TPSA) is 114 Å². The van der Waals surface area contributed by atoms with E-state index in [0.29, 0.717) is 25.2 Å². The molecule has 1 aliphatic heterocycles. The Labute approximate surface area is 237 Å². The summed E-state index contributed by atoms with van der Waals surface area (Å²) in [5, 5.41) is 14.3. The summed E-state index contributed by atoms with van der Waals surface area (Å²) in [7, 11) is -2.41. The number of nitrogens with one attached hydrogen (secondary N) is 1. The number of aliphatic hydroxyl groups is 1. The first-order valence-corrected chi connectivity index (χ1v) is 15.6. The van der Waals surface area contributed by atoms with E-state index in [4.69, 9.17) is 14.2 Å². The fourth-order valence-electron chi connectivity index (χ4n) is 5.67. The molecular formula is C30H42N2O7S. The molecule has 0 bridgehead atoms. The predicted molar refractivity (Wildman–Crippen MR) is 152 cm³/mol. The van der Waals surface area contributed by atoms with E-state index in [1.165, 1.54) is 23.5 Å². The number of hydrogen-bond acceptors (Lipinski definition) is 7. The van der Waals surface area contributed by atoms with Crippen molar-refractivity contribution in [1.82, 2.24) is 9.62 Å². The van der Waals surface area contributed by atoms with E-state index in [0.717, 1.165) is 24.8 Å². The van der Waals surface area contributed by atoms with Gasteiger partial charge in [-0.1, -0.05) is 50.6 Å². The summed E-state index contributed by atoms with van der Waals surface area (Å²) >= 11 is 0. The van der Waals surface area contributed by atoms with Gasteiger partial charge < -0.3 is 24.6 Å². The number of aliphatic hydroxyl groups excluding tert-OH is 1. The van der Waals surface area contributed by atoms with Crippen molar-refractivity contribution in [3.05, 3.63) is 60.2 Å². The number of sulfonamides is 1. The highest BCUT2D eigenvalue weighted by Gasteiger charge is 2.40. The lowest BCUT2D eigenvalue weighted by Crippen LogP contribution is -2.52. The van der Waals surface area contributed by atoms with E-state index in [2.05, 4.69) is 5.32 Å². The molecular weight excluding hydrogens is 532 g/mol. The first-order chi connectivity index (χ1) is 19.2. The van der Waals surface area contributed by atoms with Gasteiger partial charge in [0.2, 0.25) is 10.0 Å². The summed E-state index contributed by atoms with van der Waals surface area (Å²) in [6.07, 6.45) is 2.06. The second-order valence-corrected chi connectivity index (χ2v) is 13.1. The second kappa shape index (κ2) is 13.8. The number of ether oxygens (including phenoxy) is 3. The number of carbonyl (C=O) groups excluding carboxylic acids is 1. The molecule has 0 radical (unpaired) electrons. The van der Waals surface area contributed by atoms with Crippen LogP contribution >= 0.6 is 0 Å². The lowest BCUT2D eigenvalue weighted by atomic mass is 9.94. The van der Waals surface area contributed by atoms with Crippen molar-refractivity contribution in [3.63, 3.8) is 0 Å². The average molecular weight is 575 g/mol. The van der Waals surface area contributed by atoms with Crippen LogP contribution in [0.1, 0.15) is 45.1 Å². The molecule has 4 rings (SSSR count). The van der Waals surface area contributed by atoms with Gasteiger partial charge in [0.15, 0.2) is 0 Å². The van der Waals surface area contributed by atoms with Crippen LogP contribution in [0, 0.1) is 11.8 Å². The second-order valence-electron chi connectivity index (χ2n) is 11.1. The van der Waals surface area contributed by atoms with Crippen LogP contribution < -0.4 is 10.1 Å². The van der Waals surface area contributed by atoms with Crippen LogP contribution in [-0.4, -0.2) is 75.1 Å². The van der Waals surface area contributed by atoms with Gasteiger partial charge in [-0.15, -0.1) is 0 Å². The third kappa shape index (κ3) is 7.75. The molecule has 2 aliphatic rings. The van der Waals surface area contributed by atoms with E-state index in [1.54, 1.807) is 12.1 Å². The standard InChI is InChI=1S/C30H42N2O7S/c1-21(2)19-32(40(35,36)24-14-12-23(37-3)13-15-24)20-27(33)26(18-22-8-5-4-6-9-22)31-30(34)39-29-16-17-38-28-11-7-10-25(28)29/h4-6,8-9,12-15,21,25-29,33H,7,10-11,16-20H2,1-3H3,(H,31,34)/t25-,26+,27-,28+,29+/m1/s1. The van der Waals surface area contributed by atoms with Gasteiger partial charge in [0.1, 0.15) is 11.9 Å². The van der Waals surface area contributed by atoms with Gasteiger partial charge in [-0.2, -0.15) is 4.31 Å². The third-order valence-corrected chi connectivity index (χ3v) is 9.54. The number of hydrogen-bond donors (Lipinski definition) is 2. The van der Waals surface area contributed by atoms with Crippen molar-refractivity contribution in [2.24, 2.45) is 11.8 Å². The molecule has 2 N–H and O–H groups in total. The molecule has 1 heterocycles. The van der Waals surface area contributed by atoms with Crippen molar-refractivity contribution in [2.45, 2.75) is 75.2 Å². The maximum Gasteiger partial charge on any atom is 0.407 e. The molecule has 1 saturated carbocycles. The minimum atomic E-state index is -3.92. The Kier molecular flexibility index (Phi) is 10.5. The Morgan fingerprint density at radius 2 is 1.80 bits per heavy atom. The quantitative estimate of drug-likeness (QED) is 0.394. The maximum absolute atomic E-state index is 13.6.